The van der Waals surface area contributed by atoms with E-state index >= 15 is 0 Å². The summed E-state index contributed by atoms with van der Waals surface area (Å²) in [5, 5.41) is 0. The number of allylic oxidation sites excluding steroid dienone is 1. The van der Waals surface area contributed by atoms with Gasteiger partial charge in [0.25, 0.3) is 0 Å². The number of hydrogen-bond acceptors (Lipinski definition) is 5. The molecule has 0 bridgehead atoms. The van der Waals surface area contributed by atoms with Gasteiger partial charge in [0.15, 0.2) is 0 Å². The van der Waals surface area contributed by atoms with E-state index in [1.54, 1.807) is 6.08 Å². The lowest BCUT2D eigenvalue weighted by Crippen LogP contribution is -2.17. The highest BCUT2D eigenvalue weighted by Gasteiger charge is 2.24. The summed E-state index contributed by atoms with van der Waals surface area (Å²) in [6.45, 7) is 0.0538. The molecule has 1 saturated carbocycles. The van der Waals surface area contributed by atoms with Crippen LogP contribution >= 0.6 is 0 Å². The lowest BCUT2D eigenvalue weighted by Gasteiger charge is -2.11. The first kappa shape index (κ1) is 15.4. The standard InChI is InChI=1S/C14H20O5/c1-18-13(16)9-11(5-4-8-15)10-19-14(17)12-6-2-3-7-12/h5,8,12H,2-4,6-7,9-10H2,1H3. The van der Waals surface area contributed by atoms with Crippen LogP contribution in [-0.4, -0.2) is 31.9 Å². The molecule has 0 unspecified atom stereocenters. The number of aldehydes is 1. The van der Waals surface area contributed by atoms with E-state index in [-0.39, 0.29) is 31.3 Å². The third-order valence-corrected chi connectivity index (χ3v) is 3.19. The van der Waals surface area contributed by atoms with Gasteiger partial charge in [-0.3, -0.25) is 9.59 Å². The van der Waals surface area contributed by atoms with Crippen LogP contribution in [0.4, 0.5) is 0 Å². The molecule has 0 aromatic carbocycles. The molecular weight excluding hydrogens is 248 g/mol. The fourth-order valence-corrected chi connectivity index (χ4v) is 2.10. The summed E-state index contributed by atoms with van der Waals surface area (Å²) in [5.41, 5.74) is 0.602. The maximum Gasteiger partial charge on any atom is 0.309 e. The minimum atomic E-state index is -0.408. The molecule has 0 aromatic heterocycles. The van der Waals surface area contributed by atoms with Crippen molar-refractivity contribution in [1.82, 2.24) is 0 Å². The monoisotopic (exact) mass is 268 g/mol. The van der Waals surface area contributed by atoms with Crippen molar-refractivity contribution in [3.05, 3.63) is 11.6 Å². The Labute approximate surface area is 112 Å². The van der Waals surface area contributed by atoms with Crippen molar-refractivity contribution >= 4 is 18.2 Å². The lowest BCUT2D eigenvalue weighted by molar-refractivity contribution is -0.148. The molecule has 1 aliphatic rings. The molecule has 0 radical (unpaired) electrons. The molecule has 5 heteroatoms. The van der Waals surface area contributed by atoms with Gasteiger partial charge in [0.1, 0.15) is 12.9 Å². The molecule has 106 valence electrons. The number of carbonyl (C=O) groups excluding carboxylic acids is 3. The van der Waals surface area contributed by atoms with E-state index < -0.39 is 5.97 Å². The third kappa shape index (κ3) is 5.68. The first-order chi connectivity index (χ1) is 9.17. The quantitative estimate of drug-likeness (QED) is 0.400. The normalized spacial score (nSPS) is 16.2. The van der Waals surface area contributed by atoms with E-state index in [1.165, 1.54) is 7.11 Å². The molecule has 0 heterocycles. The van der Waals surface area contributed by atoms with E-state index in [2.05, 4.69) is 4.74 Å². The topological polar surface area (TPSA) is 69.7 Å². The van der Waals surface area contributed by atoms with E-state index in [1.807, 2.05) is 0 Å². The molecule has 1 aliphatic carbocycles. The van der Waals surface area contributed by atoms with Crippen LogP contribution < -0.4 is 0 Å². The van der Waals surface area contributed by atoms with Crippen LogP contribution in [0.5, 0.6) is 0 Å². The number of methoxy groups -OCH3 is 1. The van der Waals surface area contributed by atoms with Crippen molar-refractivity contribution in [2.75, 3.05) is 13.7 Å². The smallest absolute Gasteiger partial charge is 0.309 e. The molecule has 0 spiro atoms. The average molecular weight is 268 g/mol. The van der Waals surface area contributed by atoms with Gasteiger partial charge < -0.3 is 14.3 Å². The fraction of sp³-hybridized carbons (Fsp3) is 0.643. The van der Waals surface area contributed by atoms with E-state index in [9.17, 15) is 14.4 Å². The number of hydrogen-bond donors (Lipinski definition) is 0. The van der Waals surface area contributed by atoms with Gasteiger partial charge in [-0.15, -0.1) is 0 Å². The van der Waals surface area contributed by atoms with Crippen LogP contribution in [0.15, 0.2) is 11.6 Å². The molecule has 0 aromatic rings. The molecule has 0 aliphatic heterocycles. The zero-order valence-electron chi connectivity index (χ0n) is 11.2. The number of rotatable bonds is 7. The van der Waals surface area contributed by atoms with Crippen molar-refractivity contribution < 1.29 is 23.9 Å². The van der Waals surface area contributed by atoms with Gasteiger partial charge in [-0.2, -0.15) is 0 Å². The van der Waals surface area contributed by atoms with Gasteiger partial charge in [-0.05, 0) is 18.4 Å². The second-order valence-corrected chi connectivity index (χ2v) is 4.61. The minimum Gasteiger partial charge on any atom is -0.469 e. The van der Waals surface area contributed by atoms with Crippen LogP contribution in [0.2, 0.25) is 0 Å². The fourth-order valence-electron chi connectivity index (χ4n) is 2.10. The van der Waals surface area contributed by atoms with Crippen LogP contribution in [0.1, 0.15) is 38.5 Å². The largest absolute Gasteiger partial charge is 0.469 e. The Hall–Kier alpha value is -1.65. The Bertz CT molecular complexity index is 353. The highest BCUT2D eigenvalue weighted by Crippen LogP contribution is 2.25. The average Bonchev–Trinajstić information content (AvgIpc) is 2.95. The maximum atomic E-state index is 11.7. The van der Waals surface area contributed by atoms with Gasteiger partial charge >= 0.3 is 11.9 Å². The predicted molar refractivity (Wildman–Crippen MR) is 68.3 cm³/mol. The van der Waals surface area contributed by atoms with Crippen molar-refractivity contribution in [2.24, 2.45) is 5.92 Å². The van der Waals surface area contributed by atoms with Crippen molar-refractivity contribution in [3.8, 4) is 0 Å². The summed E-state index contributed by atoms with van der Waals surface area (Å²) < 4.78 is 9.76. The van der Waals surface area contributed by atoms with Gasteiger partial charge in [0.05, 0.1) is 19.4 Å². The lowest BCUT2D eigenvalue weighted by atomic mass is 10.1. The molecule has 0 saturated heterocycles. The van der Waals surface area contributed by atoms with Crippen molar-refractivity contribution in [3.63, 3.8) is 0 Å². The summed E-state index contributed by atoms with van der Waals surface area (Å²) in [5.74, 6) is -0.626. The van der Waals surface area contributed by atoms with Crippen LogP contribution in [0.25, 0.3) is 0 Å². The Morgan fingerprint density at radius 2 is 1.95 bits per heavy atom. The number of esters is 2. The van der Waals surface area contributed by atoms with Crippen LogP contribution in [0.3, 0.4) is 0 Å². The second kappa shape index (κ2) is 8.45. The summed E-state index contributed by atoms with van der Waals surface area (Å²) in [6, 6.07) is 0. The summed E-state index contributed by atoms with van der Waals surface area (Å²) in [6.07, 6.45) is 6.47. The Balaban J connectivity index is 2.44. The van der Waals surface area contributed by atoms with Gasteiger partial charge in [-0.1, -0.05) is 18.9 Å². The predicted octanol–water partition coefficient (Wildman–Crippen LogP) is 1.80. The Morgan fingerprint density at radius 1 is 1.26 bits per heavy atom. The molecular formula is C14H20O5. The van der Waals surface area contributed by atoms with Gasteiger partial charge in [0, 0.05) is 6.42 Å². The number of ether oxygens (including phenoxy) is 2. The third-order valence-electron chi connectivity index (χ3n) is 3.19. The van der Waals surface area contributed by atoms with Crippen molar-refractivity contribution in [1.29, 1.82) is 0 Å². The summed E-state index contributed by atoms with van der Waals surface area (Å²) >= 11 is 0. The zero-order valence-corrected chi connectivity index (χ0v) is 11.2. The highest BCUT2D eigenvalue weighted by atomic mass is 16.5. The molecule has 19 heavy (non-hydrogen) atoms. The molecule has 1 rings (SSSR count). The first-order valence-corrected chi connectivity index (χ1v) is 6.52. The summed E-state index contributed by atoms with van der Waals surface area (Å²) in [4.78, 5) is 33.3. The zero-order chi connectivity index (χ0) is 14.1. The van der Waals surface area contributed by atoms with E-state index in [4.69, 9.17) is 4.74 Å². The number of carbonyl (C=O) groups is 3. The Kier molecular flexibility index (Phi) is 6.85. The van der Waals surface area contributed by atoms with E-state index in [0.29, 0.717) is 5.57 Å². The molecule has 0 amide bonds. The van der Waals surface area contributed by atoms with Crippen LogP contribution in [0, 0.1) is 5.92 Å². The SMILES string of the molecule is COC(=O)CC(=CCC=O)COC(=O)C1CCCC1. The highest BCUT2D eigenvalue weighted by molar-refractivity contribution is 5.74. The van der Waals surface area contributed by atoms with E-state index in [0.717, 1.165) is 32.0 Å². The minimum absolute atomic E-state index is 0.00884. The second-order valence-electron chi connectivity index (χ2n) is 4.61. The molecule has 0 N–H and O–H groups in total. The molecule has 1 fully saturated rings. The first-order valence-electron chi connectivity index (χ1n) is 6.52. The summed E-state index contributed by atoms with van der Waals surface area (Å²) in [7, 11) is 1.30. The van der Waals surface area contributed by atoms with Crippen LogP contribution in [-0.2, 0) is 23.9 Å². The maximum absolute atomic E-state index is 11.7. The molecule has 0 atom stereocenters. The van der Waals surface area contributed by atoms with Gasteiger partial charge in [-0.25, -0.2) is 0 Å². The Morgan fingerprint density at radius 3 is 2.53 bits per heavy atom. The van der Waals surface area contributed by atoms with Crippen molar-refractivity contribution in [2.45, 2.75) is 38.5 Å². The van der Waals surface area contributed by atoms with Gasteiger partial charge in [0.2, 0.25) is 0 Å². The molecule has 5 nitrogen and oxygen atoms in total.